The van der Waals surface area contributed by atoms with Gasteiger partial charge in [0.1, 0.15) is 6.07 Å². The monoisotopic (exact) mass is 176 g/mol. The molecule has 0 atom stereocenters. The fourth-order valence-electron chi connectivity index (χ4n) is 1.04. The van der Waals surface area contributed by atoms with E-state index in [4.69, 9.17) is 10.4 Å². The van der Waals surface area contributed by atoms with E-state index in [0.717, 1.165) is 0 Å². The first-order valence-electron chi connectivity index (χ1n) is 3.68. The molecule has 0 amide bonds. The standard InChI is InChI=1S/C9H8N2O2/c1-5-3-7(4-10)6(2)11-8(5)9(12)13/h3H,1-2H3,(H,12,13). The molecule has 0 aromatic carbocycles. The lowest BCUT2D eigenvalue weighted by Gasteiger charge is -2.02. The van der Waals surface area contributed by atoms with E-state index in [1.165, 1.54) is 6.07 Å². The van der Waals surface area contributed by atoms with Crippen LogP contribution in [0.15, 0.2) is 6.07 Å². The SMILES string of the molecule is Cc1cc(C#N)c(C)nc1C(=O)O. The van der Waals surface area contributed by atoms with Crippen molar-refractivity contribution in [1.29, 1.82) is 5.26 Å². The molecule has 13 heavy (non-hydrogen) atoms. The first-order chi connectivity index (χ1) is 6.06. The van der Waals surface area contributed by atoms with Crippen molar-refractivity contribution in [2.75, 3.05) is 0 Å². The molecular formula is C9H8N2O2. The van der Waals surface area contributed by atoms with E-state index in [9.17, 15) is 4.79 Å². The van der Waals surface area contributed by atoms with Gasteiger partial charge in [0, 0.05) is 0 Å². The molecule has 1 aromatic rings. The van der Waals surface area contributed by atoms with Crippen LogP contribution in [0, 0.1) is 25.2 Å². The summed E-state index contributed by atoms with van der Waals surface area (Å²) in [5.41, 5.74) is 1.39. The number of hydrogen-bond donors (Lipinski definition) is 1. The van der Waals surface area contributed by atoms with Crippen molar-refractivity contribution in [3.05, 3.63) is 28.6 Å². The summed E-state index contributed by atoms with van der Waals surface area (Å²) in [5.74, 6) is -1.06. The van der Waals surface area contributed by atoms with Gasteiger partial charge in [-0.15, -0.1) is 0 Å². The van der Waals surface area contributed by atoms with Crippen molar-refractivity contribution in [2.45, 2.75) is 13.8 Å². The average Bonchev–Trinajstić information content (AvgIpc) is 2.07. The quantitative estimate of drug-likeness (QED) is 0.699. The van der Waals surface area contributed by atoms with Crippen LogP contribution in [0.2, 0.25) is 0 Å². The summed E-state index contributed by atoms with van der Waals surface area (Å²) in [7, 11) is 0. The topological polar surface area (TPSA) is 74.0 Å². The first kappa shape index (κ1) is 9.20. The molecular weight excluding hydrogens is 168 g/mol. The lowest BCUT2D eigenvalue weighted by Crippen LogP contribution is -2.05. The van der Waals surface area contributed by atoms with Gasteiger partial charge in [0.15, 0.2) is 5.69 Å². The average molecular weight is 176 g/mol. The van der Waals surface area contributed by atoms with Gasteiger partial charge < -0.3 is 5.11 Å². The molecule has 0 saturated heterocycles. The van der Waals surface area contributed by atoms with E-state index in [0.29, 0.717) is 16.8 Å². The summed E-state index contributed by atoms with van der Waals surface area (Å²) >= 11 is 0. The molecule has 0 bridgehead atoms. The molecule has 0 aliphatic carbocycles. The van der Waals surface area contributed by atoms with Crippen LogP contribution in [0.3, 0.4) is 0 Å². The van der Waals surface area contributed by atoms with Gasteiger partial charge >= 0.3 is 5.97 Å². The highest BCUT2D eigenvalue weighted by Gasteiger charge is 2.11. The van der Waals surface area contributed by atoms with Crippen molar-refractivity contribution < 1.29 is 9.90 Å². The van der Waals surface area contributed by atoms with Crippen LogP contribution in [0.25, 0.3) is 0 Å². The van der Waals surface area contributed by atoms with E-state index in [2.05, 4.69) is 4.98 Å². The number of carbonyl (C=O) groups is 1. The van der Waals surface area contributed by atoms with Crippen LogP contribution in [-0.4, -0.2) is 16.1 Å². The van der Waals surface area contributed by atoms with Gasteiger partial charge in [0.2, 0.25) is 0 Å². The number of aromatic carboxylic acids is 1. The summed E-state index contributed by atoms with van der Waals surface area (Å²) in [6, 6.07) is 3.48. The number of aryl methyl sites for hydroxylation is 2. The van der Waals surface area contributed by atoms with Gasteiger partial charge in [-0.05, 0) is 25.5 Å². The van der Waals surface area contributed by atoms with Crippen LogP contribution in [0.5, 0.6) is 0 Å². The summed E-state index contributed by atoms with van der Waals surface area (Å²) in [6.07, 6.45) is 0. The molecule has 1 aromatic heterocycles. The largest absolute Gasteiger partial charge is 0.477 e. The maximum atomic E-state index is 10.6. The Morgan fingerprint density at radius 1 is 1.62 bits per heavy atom. The Labute approximate surface area is 75.5 Å². The molecule has 1 N–H and O–H groups in total. The summed E-state index contributed by atoms with van der Waals surface area (Å²) in [4.78, 5) is 14.4. The smallest absolute Gasteiger partial charge is 0.354 e. The molecule has 0 saturated carbocycles. The molecule has 1 rings (SSSR count). The van der Waals surface area contributed by atoms with Crippen LogP contribution in [0.1, 0.15) is 27.3 Å². The minimum absolute atomic E-state index is 0.0106. The number of carboxylic acids is 1. The molecule has 0 unspecified atom stereocenters. The fraction of sp³-hybridized carbons (Fsp3) is 0.222. The van der Waals surface area contributed by atoms with Gasteiger partial charge in [-0.25, -0.2) is 9.78 Å². The van der Waals surface area contributed by atoms with Gasteiger partial charge in [0.05, 0.1) is 11.3 Å². The number of carboxylic acid groups (broad SMARTS) is 1. The highest BCUT2D eigenvalue weighted by Crippen LogP contribution is 2.11. The molecule has 1 heterocycles. The Morgan fingerprint density at radius 2 is 2.23 bits per heavy atom. The molecule has 0 aliphatic rings. The fourth-order valence-corrected chi connectivity index (χ4v) is 1.04. The van der Waals surface area contributed by atoms with Crippen molar-refractivity contribution >= 4 is 5.97 Å². The van der Waals surface area contributed by atoms with Gasteiger partial charge in [0.25, 0.3) is 0 Å². The third-order valence-electron chi connectivity index (χ3n) is 1.73. The predicted octanol–water partition coefficient (Wildman–Crippen LogP) is 1.27. The molecule has 0 radical (unpaired) electrons. The maximum Gasteiger partial charge on any atom is 0.354 e. The van der Waals surface area contributed by atoms with Gasteiger partial charge in [-0.2, -0.15) is 5.26 Å². The third kappa shape index (κ3) is 1.64. The van der Waals surface area contributed by atoms with Crippen molar-refractivity contribution in [2.24, 2.45) is 0 Å². The Morgan fingerprint density at radius 3 is 2.69 bits per heavy atom. The van der Waals surface area contributed by atoms with E-state index in [1.807, 2.05) is 6.07 Å². The zero-order valence-corrected chi connectivity index (χ0v) is 7.33. The van der Waals surface area contributed by atoms with Crippen molar-refractivity contribution in [1.82, 2.24) is 4.98 Å². The van der Waals surface area contributed by atoms with Crippen LogP contribution in [0.4, 0.5) is 0 Å². The number of hydrogen-bond acceptors (Lipinski definition) is 3. The van der Waals surface area contributed by atoms with Gasteiger partial charge in [-0.3, -0.25) is 0 Å². The number of pyridine rings is 1. The highest BCUT2D eigenvalue weighted by atomic mass is 16.4. The van der Waals surface area contributed by atoms with Gasteiger partial charge in [-0.1, -0.05) is 0 Å². The summed E-state index contributed by atoms with van der Waals surface area (Å²) in [5, 5.41) is 17.3. The van der Waals surface area contributed by atoms with E-state index in [1.54, 1.807) is 13.8 Å². The lowest BCUT2D eigenvalue weighted by atomic mass is 10.1. The van der Waals surface area contributed by atoms with E-state index >= 15 is 0 Å². The zero-order valence-electron chi connectivity index (χ0n) is 7.33. The second kappa shape index (κ2) is 3.23. The molecule has 4 heteroatoms. The Hall–Kier alpha value is -1.89. The van der Waals surface area contributed by atoms with Crippen LogP contribution < -0.4 is 0 Å². The normalized spacial score (nSPS) is 9.31. The van der Waals surface area contributed by atoms with Crippen LogP contribution >= 0.6 is 0 Å². The number of nitriles is 1. The summed E-state index contributed by atoms with van der Waals surface area (Å²) in [6.45, 7) is 3.24. The number of nitrogens with zero attached hydrogens (tertiary/aromatic N) is 2. The Bertz CT molecular complexity index is 405. The second-order valence-corrected chi connectivity index (χ2v) is 2.70. The Balaban J connectivity index is 3.39. The van der Waals surface area contributed by atoms with Crippen molar-refractivity contribution in [3.8, 4) is 6.07 Å². The first-order valence-corrected chi connectivity index (χ1v) is 3.68. The van der Waals surface area contributed by atoms with Crippen LogP contribution in [-0.2, 0) is 0 Å². The molecule has 0 aliphatic heterocycles. The molecule has 0 fully saturated rings. The maximum absolute atomic E-state index is 10.6. The van der Waals surface area contributed by atoms with E-state index in [-0.39, 0.29) is 5.69 Å². The lowest BCUT2D eigenvalue weighted by molar-refractivity contribution is 0.0689. The molecule has 66 valence electrons. The molecule has 0 spiro atoms. The van der Waals surface area contributed by atoms with Crippen molar-refractivity contribution in [3.63, 3.8) is 0 Å². The predicted molar refractivity (Wildman–Crippen MR) is 45.4 cm³/mol. The second-order valence-electron chi connectivity index (χ2n) is 2.70. The molecule has 4 nitrogen and oxygen atoms in total. The number of rotatable bonds is 1. The Kier molecular flexibility index (Phi) is 2.29. The zero-order chi connectivity index (χ0) is 10.0. The number of aromatic nitrogens is 1. The minimum atomic E-state index is -1.06. The third-order valence-corrected chi connectivity index (χ3v) is 1.73. The van der Waals surface area contributed by atoms with E-state index < -0.39 is 5.97 Å². The summed E-state index contributed by atoms with van der Waals surface area (Å²) < 4.78 is 0. The highest BCUT2D eigenvalue weighted by molar-refractivity contribution is 5.87. The minimum Gasteiger partial charge on any atom is -0.477 e.